The summed E-state index contributed by atoms with van der Waals surface area (Å²) in [5.41, 5.74) is 1.03. The molecule has 2 aromatic carbocycles. The molecule has 0 bridgehead atoms. The molecule has 0 saturated carbocycles. The van der Waals surface area contributed by atoms with E-state index in [9.17, 15) is 8.78 Å². The largest absolute Gasteiger partial charge is 0.495 e. The molecule has 0 aliphatic rings. The Morgan fingerprint density at radius 3 is 2.24 bits per heavy atom. The van der Waals surface area contributed by atoms with Gasteiger partial charge >= 0.3 is 0 Å². The summed E-state index contributed by atoms with van der Waals surface area (Å²) in [6.45, 7) is 0. The highest BCUT2D eigenvalue weighted by Crippen LogP contribution is 2.44. The minimum Gasteiger partial charge on any atom is -0.495 e. The van der Waals surface area contributed by atoms with Gasteiger partial charge in [0.15, 0.2) is 0 Å². The quantitative estimate of drug-likeness (QED) is 0.629. The summed E-state index contributed by atoms with van der Waals surface area (Å²) in [7, 11) is 3.06. The van der Waals surface area contributed by atoms with Crippen LogP contribution in [-0.2, 0) is 0 Å². The van der Waals surface area contributed by atoms with Crippen LogP contribution < -0.4 is 9.47 Å². The van der Waals surface area contributed by atoms with Crippen LogP contribution in [0.1, 0.15) is 16.0 Å². The molecule has 2 aromatic rings. The van der Waals surface area contributed by atoms with Gasteiger partial charge in [-0.3, -0.25) is 0 Å². The molecule has 0 spiro atoms. The molecular weight excluding hydrogens is 410 g/mol. The first-order valence-corrected chi connectivity index (χ1v) is 7.69. The van der Waals surface area contributed by atoms with Gasteiger partial charge in [0, 0.05) is 17.2 Å². The molecule has 1 atom stereocenters. The molecule has 0 aliphatic heterocycles. The second-order valence-corrected chi connectivity index (χ2v) is 5.94. The predicted octanol–water partition coefficient (Wildman–Crippen LogP) is 5.23. The first-order chi connectivity index (χ1) is 9.99. The maximum absolute atomic E-state index is 13.9. The third-order valence-corrected chi connectivity index (χ3v) is 4.76. The first-order valence-electron chi connectivity index (χ1n) is 5.99. The molecular formula is C15H12Br2F2O2. The van der Waals surface area contributed by atoms with Crippen molar-refractivity contribution in [1.29, 1.82) is 0 Å². The van der Waals surface area contributed by atoms with Crippen molar-refractivity contribution in [2.24, 2.45) is 0 Å². The van der Waals surface area contributed by atoms with Crippen LogP contribution in [-0.4, -0.2) is 14.2 Å². The monoisotopic (exact) mass is 420 g/mol. The van der Waals surface area contributed by atoms with Crippen LogP contribution in [0.5, 0.6) is 11.5 Å². The molecule has 0 amide bonds. The standard InChI is InChI=1S/C15H12Br2F2O2/c1-20-12-6-5-10(15(21-2)14(12)17)13(16)9-4-3-8(18)7-11(9)19/h3-7,13H,1-2H3. The zero-order valence-corrected chi connectivity index (χ0v) is 14.5. The number of rotatable bonds is 4. The summed E-state index contributed by atoms with van der Waals surface area (Å²) in [5, 5.41) is 0. The third-order valence-electron chi connectivity index (χ3n) is 3.02. The van der Waals surface area contributed by atoms with Gasteiger partial charge in [-0.15, -0.1) is 0 Å². The Hall–Kier alpha value is -1.14. The molecule has 2 rings (SSSR count). The number of benzene rings is 2. The molecule has 21 heavy (non-hydrogen) atoms. The molecule has 0 aliphatic carbocycles. The topological polar surface area (TPSA) is 18.5 Å². The number of halogens is 4. The van der Waals surface area contributed by atoms with Crippen molar-refractivity contribution >= 4 is 31.9 Å². The van der Waals surface area contributed by atoms with Crippen LogP contribution in [0.15, 0.2) is 34.8 Å². The average molecular weight is 422 g/mol. The second kappa shape index (κ2) is 6.75. The van der Waals surface area contributed by atoms with E-state index >= 15 is 0 Å². The molecule has 0 radical (unpaired) electrons. The lowest BCUT2D eigenvalue weighted by Gasteiger charge is -2.18. The Morgan fingerprint density at radius 2 is 1.67 bits per heavy atom. The summed E-state index contributed by atoms with van der Waals surface area (Å²) in [6.07, 6.45) is 0. The van der Waals surface area contributed by atoms with E-state index in [0.717, 1.165) is 6.07 Å². The normalized spacial score (nSPS) is 12.1. The molecule has 6 heteroatoms. The van der Waals surface area contributed by atoms with Crippen LogP contribution in [0, 0.1) is 11.6 Å². The van der Waals surface area contributed by atoms with Gasteiger partial charge in [-0.2, -0.15) is 0 Å². The summed E-state index contributed by atoms with van der Waals surface area (Å²) in [5.74, 6) is -0.0977. The van der Waals surface area contributed by atoms with E-state index < -0.39 is 16.5 Å². The lowest BCUT2D eigenvalue weighted by Crippen LogP contribution is -2.01. The molecule has 1 unspecified atom stereocenters. The minimum atomic E-state index is -0.620. The third kappa shape index (κ3) is 3.21. The van der Waals surface area contributed by atoms with Crippen LogP contribution in [0.3, 0.4) is 0 Å². The van der Waals surface area contributed by atoms with Gasteiger partial charge in [0.1, 0.15) is 27.6 Å². The Kier molecular flexibility index (Phi) is 5.22. The van der Waals surface area contributed by atoms with Gasteiger partial charge in [-0.1, -0.05) is 28.1 Å². The maximum atomic E-state index is 13.9. The Labute approximate surface area is 138 Å². The fraction of sp³-hybridized carbons (Fsp3) is 0.200. The van der Waals surface area contributed by atoms with Crippen LogP contribution >= 0.6 is 31.9 Å². The van der Waals surface area contributed by atoms with Crippen LogP contribution in [0.2, 0.25) is 0 Å². The molecule has 0 heterocycles. The average Bonchev–Trinajstić information content (AvgIpc) is 2.46. The van der Waals surface area contributed by atoms with Crippen molar-refractivity contribution in [2.45, 2.75) is 4.83 Å². The van der Waals surface area contributed by atoms with Gasteiger partial charge < -0.3 is 9.47 Å². The molecule has 0 fully saturated rings. The SMILES string of the molecule is COc1ccc(C(Br)c2ccc(F)cc2F)c(OC)c1Br. The van der Waals surface area contributed by atoms with E-state index in [1.54, 1.807) is 19.2 Å². The van der Waals surface area contributed by atoms with Crippen molar-refractivity contribution in [3.05, 3.63) is 57.6 Å². The summed E-state index contributed by atoms with van der Waals surface area (Å²) in [6, 6.07) is 7.00. The number of hydrogen-bond acceptors (Lipinski definition) is 2. The predicted molar refractivity (Wildman–Crippen MR) is 84.4 cm³/mol. The lowest BCUT2D eigenvalue weighted by atomic mass is 10.0. The number of hydrogen-bond donors (Lipinski definition) is 0. The molecule has 0 N–H and O–H groups in total. The van der Waals surface area contributed by atoms with Gasteiger partial charge in [0.25, 0.3) is 0 Å². The van der Waals surface area contributed by atoms with Gasteiger partial charge in [-0.25, -0.2) is 8.78 Å². The van der Waals surface area contributed by atoms with Crippen LogP contribution in [0.4, 0.5) is 8.78 Å². The van der Waals surface area contributed by atoms with E-state index in [1.807, 2.05) is 0 Å². The molecule has 112 valence electrons. The fourth-order valence-electron chi connectivity index (χ4n) is 1.99. The van der Waals surface area contributed by atoms with Gasteiger partial charge in [0.2, 0.25) is 0 Å². The first kappa shape index (κ1) is 16.2. The van der Waals surface area contributed by atoms with Crippen molar-refractivity contribution < 1.29 is 18.3 Å². The van der Waals surface area contributed by atoms with E-state index in [1.165, 1.54) is 19.2 Å². The highest BCUT2D eigenvalue weighted by atomic mass is 79.9. The van der Waals surface area contributed by atoms with E-state index in [4.69, 9.17) is 9.47 Å². The van der Waals surface area contributed by atoms with Crippen molar-refractivity contribution in [2.75, 3.05) is 14.2 Å². The van der Waals surface area contributed by atoms with E-state index in [-0.39, 0.29) is 0 Å². The Balaban J connectivity index is 2.52. The van der Waals surface area contributed by atoms with Gasteiger partial charge in [-0.05, 0) is 28.1 Å². The molecule has 0 saturated heterocycles. The molecule has 0 aromatic heterocycles. The van der Waals surface area contributed by atoms with Crippen molar-refractivity contribution in [3.63, 3.8) is 0 Å². The van der Waals surface area contributed by atoms with E-state index in [2.05, 4.69) is 31.9 Å². The second-order valence-electron chi connectivity index (χ2n) is 4.23. The summed E-state index contributed by atoms with van der Waals surface area (Å²) in [4.78, 5) is -0.477. The van der Waals surface area contributed by atoms with Gasteiger partial charge in [0.05, 0.1) is 19.0 Å². The Morgan fingerprint density at radius 1 is 1.00 bits per heavy atom. The minimum absolute atomic E-state index is 0.326. The van der Waals surface area contributed by atoms with Crippen molar-refractivity contribution in [3.8, 4) is 11.5 Å². The number of methoxy groups -OCH3 is 2. The summed E-state index contributed by atoms with van der Waals surface area (Å²) >= 11 is 6.84. The molecule has 2 nitrogen and oxygen atoms in total. The van der Waals surface area contributed by atoms with Crippen LogP contribution in [0.25, 0.3) is 0 Å². The fourth-order valence-corrected chi connectivity index (χ4v) is 3.41. The number of alkyl halides is 1. The smallest absolute Gasteiger partial charge is 0.141 e. The summed E-state index contributed by atoms with van der Waals surface area (Å²) < 4.78 is 38.1. The zero-order valence-electron chi connectivity index (χ0n) is 11.3. The lowest BCUT2D eigenvalue weighted by molar-refractivity contribution is 0.386. The maximum Gasteiger partial charge on any atom is 0.141 e. The highest BCUT2D eigenvalue weighted by Gasteiger charge is 2.22. The van der Waals surface area contributed by atoms with E-state index in [0.29, 0.717) is 27.1 Å². The number of ether oxygens (including phenoxy) is 2. The van der Waals surface area contributed by atoms with Crippen molar-refractivity contribution in [1.82, 2.24) is 0 Å². The zero-order chi connectivity index (χ0) is 15.6. The highest BCUT2D eigenvalue weighted by molar-refractivity contribution is 9.10. The Bertz CT molecular complexity index is 662.